The average molecular weight is 237 g/mol. The molecule has 0 fully saturated rings. The second-order valence-corrected chi connectivity index (χ2v) is 3.01. The molecule has 81 valence electrons. The Balaban J connectivity index is 0.00000128. The Morgan fingerprint density at radius 2 is 0.938 bits per heavy atom. The fourth-order valence-corrected chi connectivity index (χ4v) is 1.14. The highest BCUT2D eigenvalue weighted by Gasteiger charge is 1.97. The molecule has 0 aliphatic heterocycles. The molecule has 0 aliphatic carbocycles. The van der Waals surface area contributed by atoms with Crippen LogP contribution in [-0.2, 0) is 0 Å². The smallest absolute Gasteiger partial charge is 0.127 e. The highest BCUT2D eigenvalue weighted by molar-refractivity contribution is 6.92. The number of ether oxygens (including phenoxy) is 1. The maximum absolute atomic E-state index is 12.6. The topological polar surface area (TPSA) is 9.23 Å². The van der Waals surface area contributed by atoms with Crippen molar-refractivity contribution < 1.29 is 13.5 Å². The molecule has 0 aliphatic rings. The van der Waals surface area contributed by atoms with Gasteiger partial charge < -0.3 is 4.74 Å². The molecule has 0 N–H and O–H groups in total. The number of benzene rings is 2. The maximum Gasteiger partial charge on any atom is 0.127 e. The van der Waals surface area contributed by atoms with Crippen molar-refractivity contribution in [3.63, 3.8) is 0 Å². The van der Waals surface area contributed by atoms with Gasteiger partial charge in [0, 0.05) is 9.90 Å². The second kappa shape index (κ2) is 5.57. The van der Waals surface area contributed by atoms with E-state index >= 15 is 0 Å². The summed E-state index contributed by atoms with van der Waals surface area (Å²) < 4.78 is 30.5. The van der Waals surface area contributed by atoms with Crippen molar-refractivity contribution in [3.8, 4) is 11.5 Å². The summed E-state index contributed by atoms with van der Waals surface area (Å²) in [4.78, 5) is 0. The van der Waals surface area contributed by atoms with Gasteiger partial charge in [-0.2, -0.15) is 0 Å². The first-order valence-corrected chi connectivity index (χ1v) is 4.43. The van der Waals surface area contributed by atoms with Gasteiger partial charge in [0.15, 0.2) is 0 Å². The molecule has 16 heavy (non-hydrogen) atoms. The normalized spacial score (nSPS) is 9.38. The first-order valence-electron chi connectivity index (χ1n) is 4.43. The summed E-state index contributed by atoms with van der Waals surface area (Å²) in [5.41, 5.74) is 0. The van der Waals surface area contributed by atoms with Crippen LogP contribution >= 0.6 is 9.90 Å². The van der Waals surface area contributed by atoms with E-state index in [1.165, 1.54) is 48.5 Å². The minimum atomic E-state index is -0.318. The number of hydrogen-bond donors (Lipinski definition) is 0. The van der Waals surface area contributed by atoms with Crippen LogP contribution in [0, 0.1) is 11.6 Å². The highest BCUT2D eigenvalue weighted by atomic mass is 31.0. The third-order valence-electron chi connectivity index (χ3n) is 1.86. The van der Waals surface area contributed by atoms with Crippen LogP contribution in [0.1, 0.15) is 0 Å². The van der Waals surface area contributed by atoms with Crippen LogP contribution in [0.3, 0.4) is 0 Å². The van der Waals surface area contributed by atoms with Gasteiger partial charge in [-0.1, -0.05) is 0 Å². The van der Waals surface area contributed by atoms with Crippen molar-refractivity contribution in [2.75, 3.05) is 0 Å². The molecule has 2 aromatic rings. The predicted octanol–water partition coefficient (Wildman–Crippen LogP) is 4.62. The Morgan fingerprint density at radius 3 is 1.25 bits per heavy atom. The van der Waals surface area contributed by atoms with Crippen LogP contribution in [0.4, 0.5) is 8.78 Å². The van der Waals surface area contributed by atoms with Crippen molar-refractivity contribution in [1.82, 2.24) is 0 Å². The fourth-order valence-electron chi connectivity index (χ4n) is 1.14. The van der Waals surface area contributed by atoms with Crippen LogP contribution in [0.5, 0.6) is 11.5 Å². The molecule has 0 atom stereocenters. The van der Waals surface area contributed by atoms with Gasteiger partial charge in [0.1, 0.15) is 23.1 Å². The molecular formula is C12H8F2OP. The van der Waals surface area contributed by atoms with Crippen LogP contribution in [0.15, 0.2) is 48.5 Å². The van der Waals surface area contributed by atoms with Gasteiger partial charge >= 0.3 is 0 Å². The van der Waals surface area contributed by atoms with Crippen LogP contribution in [0.2, 0.25) is 0 Å². The zero-order chi connectivity index (χ0) is 10.7. The zero-order valence-electron chi connectivity index (χ0n) is 8.23. The number of halogens is 2. The molecule has 0 spiro atoms. The third kappa shape index (κ3) is 3.28. The van der Waals surface area contributed by atoms with E-state index < -0.39 is 0 Å². The van der Waals surface area contributed by atoms with Crippen molar-refractivity contribution in [2.45, 2.75) is 0 Å². The molecule has 2 aromatic carbocycles. The summed E-state index contributed by atoms with van der Waals surface area (Å²) in [5.74, 6) is 0.397. The van der Waals surface area contributed by atoms with E-state index in [4.69, 9.17) is 4.74 Å². The Hall–Kier alpha value is -1.47. The van der Waals surface area contributed by atoms with Gasteiger partial charge in [0.05, 0.1) is 0 Å². The molecule has 0 saturated heterocycles. The van der Waals surface area contributed by atoms with E-state index in [2.05, 4.69) is 0 Å². The van der Waals surface area contributed by atoms with Gasteiger partial charge in [-0.3, -0.25) is 0 Å². The van der Waals surface area contributed by atoms with E-state index in [0.717, 1.165) is 0 Å². The molecule has 0 unspecified atom stereocenters. The maximum atomic E-state index is 12.6. The molecule has 4 heteroatoms. The first kappa shape index (κ1) is 12.6. The van der Waals surface area contributed by atoms with Crippen LogP contribution in [0.25, 0.3) is 0 Å². The lowest BCUT2D eigenvalue weighted by Gasteiger charge is -2.04. The first-order chi connectivity index (χ1) is 7.24. The van der Waals surface area contributed by atoms with E-state index in [1.807, 2.05) is 0 Å². The molecule has 1 nitrogen and oxygen atoms in total. The van der Waals surface area contributed by atoms with E-state index in [0.29, 0.717) is 11.5 Å². The lowest BCUT2D eigenvalue weighted by Crippen LogP contribution is -1.84. The minimum absolute atomic E-state index is 0. The minimum Gasteiger partial charge on any atom is -0.457 e. The second-order valence-electron chi connectivity index (χ2n) is 3.01. The van der Waals surface area contributed by atoms with Gasteiger partial charge in [-0.15, -0.1) is 0 Å². The Morgan fingerprint density at radius 1 is 0.625 bits per heavy atom. The summed E-state index contributed by atoms with van der Waals surface area (Å²) in [6.45, 7) is 0. The number of rotatable bonds is 2. The largest absolute Gasteiger partial charge is 0.457 e. The Bertz CT molecular complexity index is 396. The van der Waals surface area contributed by atoms with Crippen molar-refractivity contribution in [1.29, 1.82) is 0 Å². The molecule has 0 aromatic heterocycles. The molecule has 0 amide bonds. The summed E-state index contributed by atoms with van der Waals surface area (Å²) in [7, 11) is 0. The Kier molecular flexibility index (Phi) is 4.39. The van der Waals surface area contributed by atoms with E-state index in [9.17, 15) is 8.78 Å². The molecule has 0 saturated carbocycles. The average Bonchev–Trinajstić information content (AvgIpc) is 2.25. The van der Waals surface area contributed by atoms with Crippen molar-refractivity contribution in [2.24, 2.45) is 0 Å². The Labute approximate surface area is 95.7 Å². The monoisotopic (exact) mass is 237 g/mol. The van der Waals surface area contributed by atoms with Crippen LogP contribution < -0.4 is 4.74 Å². The van der Waals surface area contributed by atoms with Crippen molar-refractivity contribution in [3.05, 3.63) is 60.2 Å². The molecule has 0 heterocycles. The standard InChI is InChI=1S/C12H8F2O.P/c13-9-1-5-11(6-2-9)15-12-7-3-10(14)4-8-12;/h1-8H;. The molecule has 2 rings (SSSR count). The quantitative estimate of drug-likeness (QED) is 0.692. The lowest BCUT2D eigenvalue weighted by atomic mass is 10.3. The van der Waals surface area contributed by atoms with Crippen LogP contribution in [-0.4, -0.2) is 0 Å². The van der Waals surface area contributed by atoms with E-state index in [-0.39, 0.29) is 21.5 Å². The predicted molar refractivity (Wildman–Crippen MR) is 59.8 cm³/mol. The highest BCUT2D eigenvalue weighted by Crippen LogP contribution is 2.21. The van der Waals surface area contributed by atoms with Gasteiger partial charge in [0.25, 0.3) is 0 Å². The molecule has 3 radical (unpaired) electrons. The molecular weight excluding hydrogens is 229 g/mol. The van der Waals surface area contributed by atoms with Gasteiger partial charge in [0.2, 0.25) is 0 Å². The van der Waals surface area contributed by atoms with Crippen molar-refractivity contribution >= 4 is 9.90 Å². The SMILES string of the molecule is Fc1ccc(Oc2ccc(F)cc2)cc1.[P]. The number of hydrogen-bond acceptors (Lipinski definition) is 1. The zero-order valence-corrected chi connectivity index (χ0v) is 9.12. The summed E-state index contributed by atoms with van der Waals surface area (Å²) in [6, 6.07) is 11.3. The summed E-state index contributed by atoms with van der Waals surface area (Å²) in [6.07, 6.45) is 0. The molecule has 0 bridgehead atoms. The summed E-state index contributed by atoms with van der Waals surface area (Å²) >= 11 is 0. The lowest BCUT2D eigenvalue weighted by molar-refractivity contribution is 0.478. The van der Waals surface area contributed by atoms with Gasteiger partial charge in [-0.25, -0.2) is 8.78 Å². The third-order valence-corrected chi connectivity index (χ3v) is 1.86. The fraction of sp³-hybridized carbons (Fsp3) is 0. The van der Waals surface area contributed by atoms with E-state index in [1.54, 1.807) is 0 Å². The summed E-state index contributed by atoms with van der Waals surface area (Å²) in [5, 5.41) is 0. The van der Waals surface area contributed by atoms with Gasteiger partial charge in [-0.05, 0) is 48.5 Å².